The van der Waals surface area contributed by atoms with Gasteiger partial charge in [-0.25, -0.2) is 19.7 Å². The van der Waals surface area contributed by atoms with Gasteiger partial charge < -0.3 is 49.8 Å². The minimum atomic E-state index is -4.83. The van der Waals surface area contributed by atoms with Crippen LogP contribution in [-0.2, 0) is 34.1 Å². The predicted octanol–water partition coefficient (Wildman–Crippen LogP) is -0.333. The summed E-state index contributed by atoms with van der Waals surface area (Å²) in [5.74, 6) is -2.43. The fraction of sp³-hybridized carbons (Fsp3) is 0.536. The van der Waals surface area contributed by atoms with E-state index in [0.29, 0.717) is 5.39 Å². The average molecular weight is 750 g/mol. The Morgan fingerprint density at radius 2 is 1.84 bits per heavy atom. The first kappa shape index (κ1) is 38.2. The van der Waals surface area contributed by atoms with Gasteiger partial charge in [0.15, 0.2) is 24.4 Å². The first-order chi connectivity index (χ1) is 23.8. The lowest BCUT2D eigenvalue weighted by molar-refractivity contribution is -0.290. The van der Waals surface area contributed by atoms with Crippen LogP contribution in [-0.4, -0.2) is 126 Å². The number of hydrogen-bond acceptors (Lipinski definition) is 14. The summed E-state index contributed by atoms with van der Waals surface area (Å²) in [4.78, 5) is 38.0. The van der Waals surface area contributed by atoms with Crippen LogP contribution in [0.1, 0.15) is 32.9 Å². The van der Waals surface area contributed by atoms with Crippen molar-refractivity contribution < 1.29 is 70.4 Å². The van der Waals surface area contributed by atoms with Crippen LogP contribution in [0.2, 0.25) is 0 Å². The Balaban J connectivity index is 1.43. The summed E-state index contributed by atoms with van der Waals surface area (Å²) in [7, 11) is -4.83. The zero-order valence-corrected chi connectivity index (χ0v) is 27.4. The Hall–Kier alpha value is -4.07. The number of ether oxygens (including phenoxy) is 3. The highest BCUT2D eigenvalue weighted by Crippen LogP contribution is 2.38. The summed E-state index contributed by atoms with van der Waals surface area (Å²) in [5, 5.41) is 47.1. The number of anilines is 1. The third-order valence-corrected chi connectivity index (χ3v) is 8.84. The first-order valence-corrected chi connectivity index (χ1v) is 16.6. The number of carbonyl (C=O) groups is 2. The van der Waals surface area contributed by atoms with E-state index in [2.05, 4.69) is 20.3 Å². The Kier molecular flexibility index (Phi) is 10.9. The number of aliphatic carboxylic acids is 1. The lowest BCUT2D eigenvalue weighted by Crippen LogP contribution is -2.56. The number of aliphatic hydroxyl groups is 3. The van der Waals surface area contributed by atoms with Crippen LogP contribution < -0.4 is 15.4 Å². The van der Waals surface area contributed by atoms with Crippen molar-refractivity contribution >= 4 is 39.0 Å². The Bertz CT molecular complexity index is 1870. The number of aliphatic hydroxyl groups excluding tert-OH is 3. The standard InChI is InChI=1S/C28H34F3N7O12S/c1-3-27(2,26(44)34-11-28(29,30)31)36-15-6-8-32-21(35-15)13-10-38(22-12(13)5-4-7-33-22)23-18(41)19(20(49-23)24(42)43)50-25-17(40)14(39)9-16(48-25)37-51(45,46)47/h4-8,10,14,16-20,23,25,37,39-41H,3,9,11H2,1-2H3,(H,34,44)(H,42,43)(H,32,35,36)(H,45,46,47)/t14-,16+,17-,18-,19-,20-,23+,25-,27?/m1/s1. The maximum Gasteiger partial charge on any atom is 0.405 e. The zero-order valence-electron chi connectivity index (χ0n) is 26.6. The smallest absolute Gasteiger partial charge is 0.405 e. The second-order valence-electron chi connectivity index (χ2n) is 12.0. The van der Waals surface area contributed by atoms with Crippen LogP contribution in [0.25, 0.3) is 22.4 Å². The number of carbonyl (C=O) groups excluding carboxylic acids is 1. The van der Waals surface area contributed by atoms with E-state index in [4.69, 9.17) is 18.8 Å². The molecule has 0 aliphatic carbocycles. The topological polar surface area (TPSA) is 277 Å². The molecular weight excluding hydrogens is 715 g/mol. The summed E-state index contributed by atoms with van der Waals surface area (Å²) in [5.41, 5.74) is -1.08. The van der Waals surface area contributed by atoms with Gasteiger partial charge in [-0.1, -0.05) is 6.92 Å². The van der Waals surface area contributed by atoms with E-state index in [9.17, 15) is 51.6 Å². The van der Waals surface area contributed by atoms with Gasteiger partial charge in [0.2, 0.25) is 5.91 Å². The van der Waals surface area contributed by atoms with Crippen LogP contribution >= 0.6 is 0 Å². The number of nitrogens with zero attached hydrogens (tertiary/aromatic N) is 4. The molecule has 0 saturated carbocycles. The van der Waals surface area contributed by atoms with Crippen LogP contribution in [0.4, 0.5) is 19.0 Å². The second-order valence-corrected chi connectivity index (χ2v) is 13.1. The molecule has 9 atom stereocenters. The van der Waals surface area contributed by atoms with Gasteiger partial charge in [0.25, 0.3) is 0 Å². The Morgan fingerprint density at radius 3 is 2.49 bits per heavy atom. The van der Waals surface area contributed by atoms with Crippen molar-refractivity contribution in [1.29, 1.82) is 0 Å². The van der Waals surface area contributed by atoms with Gasteiger partial charge in [0.1, 0.15) is 48.1 Å². The molecule has 51 heavy (non-hydrogen) atoms. The molecule has 2 fully saturated rings. The maximum absolute atomic E-state index is 12.7. The number of amides is 1. The molecule has 3 aromatic heterocycles. The molecular formula is C28H34F3N7O12S. The van der Waals surface area contributed by atoms with E-state index in [1.54, 1.807) is 23.8 Å². The summed E-state index contributed by atoms with van der Waals surface area (Å²) < 4.78 is 89.4. The van der Waals surface area contributed by atoms with Gasteiger partial charge in [-0.15, -0.1) is 0 Å². The van der Waals surface area contributed by atoms with Crippen molar-refractivity contribution in [3.8, 4) is 11.4 Å². The van der Waals surface area contributed by atoms with Crippen LogP contribution in [0, 0.1) is 0 Å². The van der Waals surface area contributed by atoms with Gasteiger partial charge in [0, 0.05) is 36.0 Å². The van der Waals surface area contributed by atoms with Crippen molar-refractivity contribution in [3.05, 3.63) is 36.8 Å². The molecule has 5 heterocycles. The number of fused-ring (bicyclic) bond motifs is 1. The second kappa shape index (κ2) is 14.5. The number of halogens is 3. The molecule has 0 aromatic carbocycles. The maximum atomic E-state index is 12.7. The van der Waals surface area contributed by atoms with E-state index in [0.717, 1.165) is 0 Å². The number of pyridine rings is 1. The number of alkyl halides is 3. The van der Waals surface area contributed by atoms with Gasteiger partial charge in [-0.2, -0.15) is 26.3 Å². The zero-order chi connectivity index (χ0) is 37.5. The van der Waals surface area contributed by atoms with E-state index in [1.807, 2.05) is 5.32 Å². The van der Waals surface area contributed by atoms with Crippen molar-refractivity contribution in [3.63, 3.8) is 0 Å². The van der Waals surface area contributed by atoms with E-state index in [1.165, 1.54) is 36.1 Å². The summed E-state index contributed by atoms with van der Waals surface area (Å²) in [6, 6.07) is 4.57. The molecule has 3 aromatic rings. The average Bonchev–Trinajstić information content (AvgIpc) is 3.58. The predicted molar refractivity (Wildman–Crippen MR) is 165 cm³/mol. The van der Waals surface area contributed by atoms with E-state index < -0.39 is 96.1 Å². The molecule has 19 nitrogen and oxygen atoms in total. The number of aromatic nitrogens is 4. The molecule has 23 heteroatoms. The SMILES string of the molecule is CCC(C)(Nc1ccnc(-c2cn([C@H]3O[C@@H](C(=O)O)[C@H](O[C@H]4O[C@H](NS(=O)(=O)O)C[C@@H](O)[C@H]4O)[C@H]3O)c3ncccc23)n1)C(=O)NCC(F)(F)F. The van der Waals surface area contributed by atoms with E-state index >= 15 is 0 Å². The summed E-state index contributed by atoms with van der Waals surface area (Å²) in [6.45, 7) is 1.46. The third-order valence-electron chi connectivity index (χ3n) is 8.28. The molecule has 0 radical (unpaired) electrons. The minimum Gasteiger partial charge on any atom is -0.479 e. The number of carboxylic acids is 1. The Labute approximate surface area is 286 Å². The molecule has 280 valence electrons. The number of carboxylic acid groups (broad SMARTS) is 1. The number of rotatable bonds is 12. The van der Waals surface area contributed by atoms with Crippen molar-refractivity contribution in [2.45, 2.75) is 87.7 Å². The normalized spacial score (nSPS) is 28.3. The highest BCUT2D eigenvalue weighted by molar-refractivity contribution is 7.83. The fourth-order valence-electron chi connectivity index (χ4n) is 5.55. The first-order valence-electron chi connectivity index (χ1n) is 15.2. The molecule has 0 spiro atoms. The number of hydrogen-bond donors (Lipinski definition) is 8. The van der Waals surface area contributed by atoms with Crippen molar-refractivity contribution in [2.75, 3.05) is 11.9 Å². The van der Waals surface area contributed by atoms with Crippen molar-refractivity contribution in [2.24, 2.45) is 0 Å². The summed E-state index contributed by atoms with van der Waals surface area (Å²) >= 11 is 0. The molecule has 5 rings (SSSR count). The van der Waals surface area contributed by atoms with Gasteiger partial charge in [-0.3, -0.25) is 9.35 Å². The highest BCUT2D eigenvalue weighted by Gasteiger charge is 2.52. The molecule has 1 amide bonds. The quantitative estimate of drug-likeness (QED) is 0.110. The van der Waals surface area contributed by atoms with Crippen LogP contribution in [0.15, 0.2) is 36.8 Å². The highest BCUT2D eigenvalue weighted by atomic mass is 32.2. The van der Waals surface area contributed by atoms with Crippen LogP contribution in [0.3, 0.4) is 0 Å². The fourth-order valence-corrected chi connectivity index (χ4v) is 6.04. The lowest BCUT2D eigenvalue weighted by atomic mass is 9.97. The summed E-state index contributed by atoms with van der Waals surface area (Å²) in [6.07, 6.45) is -15.0. The molecule has 0 bridgehead atoms. The monoisotopic (exact) mass is 749 g/mol. The lowest BCUT2D eigenvalue weighted by Gasteiger charge is -2.38. The van der Waals surface area contributed by atoms with Crippen LogP contribution in [0.5, 0.6) is 0 Å². The molecule has 2 aliphatic heterocycles. The minimum absolute atomic E-state index is 0.0334. The Morgan fingerprint density at radius 1 is 1.12 bits per heavy atom. The van der Waals surface area contributed by atoms with Gasteiger partial charge >= 0.3 is 22.4 Å². The third kappa shape index (κ3) is 8.53. The largest absolute Gasteiger partial charge is 0.479 e. The van der Waals surface area contributed by atoms with Gasteiger partial charge in [-0.05, 0) is 31.5 Å². The van der Waals surface area contributed by atoms with Crippen molar-refractivity contribution in [1.82, 2.24) is 29.6 Å². The molecule has 2 saturated heterocycles. The molecule has 8 N–H and O–H groups in total. The number of nitrogens with one attached hydrogen (secondary N) is 3. The van der Waals surface area contributed by atoms with Gasteiger partial charge in [0.05, 0.1) is 6.10 Å². The van der Waals surface area contributed by atoms with E-state index in [-0.39, 0.29) is 29.3 Å². The molecule has 2 aliphatic rings. The molecule has 1 unspecified atom stereocenters.